The van der Waals surface area contributed by atoms with E-state index in [0.29, 0.717) is 31.2 Å². The fraction of sp³-hybridized carbons (Fsp3) is 0.304. The number of phenolic OH excluding ortho intramolecular Hbond substituents is 1. The first-order valence-corrected chi connectivity index (χ1v) is 11.8. The van der Waals surface area contributed by atoms with E-state index in [2.05, 4.69) is 9.71 Å². The highest BCUT2D eigenvalue weighted by atomic mass is 32.2. The molecule has 1 aliphatic heterocycles. The highest BCUT2D eigenvalue weighted by Crippen LogP contribution is 2.46. The lowest BCUT2D eigenvalue weighted by atomic mass is 9.63. The Labute approximate surface area is 185 Å². The maximum Gasteiger partial charge on any atom is 0.286 e. The van der Waals surface area contributed by atoms with Gasteiger partial charge < -0.3 is 15.5 Å². The second-order valence-corrected chi connectivity index (χ2v) is 9.62. The molecule has 4 rings (SSSR count). The Morgan fingerprint density at radius 3 is 2.41 bits per heavy atom. The maximum absolute atomic E-state index is 14.1. The monoisotopic (exact) mass is 458 g/mol. The molecule has 0 atom stereocenters. The quantitative estimate of drug-likeness (QED) is 0.571. The van der Waals surface area contributed by atoms with Crippen LogP contribution in [0.2, 0.25) is 0 Å². The van der Waals surface area contributed by atoms with Crippen molar-refractivity contribution in [3.05, 3.63) is 58.9 Å². The number of nitrogens with one attached hydrogen (secondary N) is 1. The molecule has 3 N–H and O–H groups in total. The molecule has 9 heteroatoms. The van der Waals surface area contributed by atoms with Crippen molar-refractivity contribution in [2.75, 3.05) is 5.32 Å². The predicted molar refractivity (Wildman–Crippen MR) is 119 cm³/mol. The van der Waals surface area contributed by atoms with Gasteiger partial charge in [-0.2, -0.15) is 8.42 Å². The minimum Gasteiger partial charge on any atom is -0.508 e. The summed E-state index contributed by atoms with van der Waals surface area (Å²) in [6.45, 7) is 3.85. The molecule has 7 nitrogen and oxygen atoms in total. The number of carbonyl (C=O) groups is 1. The number of aromatic hydroxyl groups is 1. The number of anilines is 1. The molecule has 0 amide bonds. The summed E-state index contributed by atoms with van der Waals surface area (Å²) in [4.78, 5) is 13.6. The number of phenols is 1. The molecule has 0 spiro atoms. The number of hydrogen-bond acceptors (Lipinski definition) is 6. The molecule has 168 valence electrons. The number of benzene rings is 2. The van der Waals surface area contributed by atoms with Crippen molar-refractivity contribution in [3.8, 4) is 5.75 Å². The van der Waals surface area contributed by atoms with Gasteiger partial charge in [0.2, 0.25) is 0 Å². The number of sulfonamides is 1. The Morgan fingerprint density at radius 2 is 1.75 bits per heavy atom. The number of hydrogen-bond donors (Lipinski definition) is 3. The van der Waals surface area contributed by atoms with Crippen LogP contribution in [0.25, 0.3) is 5.76 Å². The molecular weight excluding hydrogens is 435 g/mol. The standard InChI is InChI=1S/C23H23FN2O5S/c1-3-9-23(10-4-2)16-7-5-13(24)11-15(16)20(28)19(21(23)29)22-25-17-8-6-14(27)12-18(17)32(30,31)26-22/h5-8,11-12,27-28H,3-4,9-10H2,1-2H3,(H,25,26). The van der Waals surface area contributed by atoms with Gasteiger partial charge in [0.1, 0.15) is 27.8 Å². The minimum atomic E-state index is -4.26. The SMILES string of the molecule is CCCC1(CCC)C(=O)C(C2=NS(=O)(=O)c3cc(O)ccc3N2)=C(O)c2cc(F)ccc21. The molecular formula is C23H23FN2O5S. The number of aliphatic hydroxyl groups excluding tert-OH is 1. The number of aliphatic hydroxyl groups is 1. The average molecular weight is 459 g/mol. The highest BCUT2D eigenvalue weighted by Gasteiger charge is 2.48. The summed E-state index contributed by atoms with van der Waals surface area (Å²) in [5, 5.41) is 23.5. The Balaban J connectivity index is 1.98. The average Bonchev–Trinajstić information content (AvgIpc) is 2.73. The second kappa shape index (κ2) is 7.74. The zero-order valence-electron chi connectivity index (χ0n) is 17.6. The second-order valence-electron chi connectivity index (χ2n) is 8.05. The summed E-state index contributed by atoms with van der Waals surface area (Å²) in [5.41, 5.74) is -0.537. The van der Waals surface area contributed by atoms with Gasteiger partial charge >= 0.3 is 0 Å². The van der Waals surface area contributed by atoms with E-state index in [1.54, 1.807) is 0 Å². The lowest BCUT2D eigenvalue weighted by Gasteiger charge is -2.39. The summed E-state index contributed by atoms with van der Waals surface area (Å²) < 4.78 is 43.4. The number of Topliss-reactive ketones (excluding diaryl/α,β-unsaturated/α-hetero) is 1. The number of fused-ring (bicyclic) bond motifs is 2. The lowest BCUT2D eigenvalue weighted by molar-refractivity contribution is -0.121. The van der Waals surface area contributed by atoms with Crippen molar-refractivity contribution in [2.45, 2.75) is 49.8 Å². The Kier molecular flexibility index (Phi) is 5.32. The Bertz CT molecular complexity index is 1290. The smallest absolute Gasteiger partial charge is 0.286 e. The van der Waals surface area contributed by atoms with Gasteiger partial charge in [-0.3, -0.25) is 4.79 Å². The van der Waals surface area contributed by atoms with Crippen molar-refractivity contribution >= 4 is 33.1 Å². The fourth-order valence-corrected chi connectivity index (χ4v) is 5.83. The topological polar surface area (TPSA) is 116 Å². The molecule has 0 unspecified atom stereocenters. The third-order valence-corrected chi connectivity index (χ3v) is 7.27. The van der Waals surface area contributed by atoms with Crippen molar-refractivity contribution in [1.29, 1.82) is 0 Å². The van der Waals surface area contributed by atoms with Crippen LogP contribution in [0.5, 0.6) is 5.75 Å². The zero-order valence-corrected chi connectivity index (χ0v) is 18.5. The number of rotatable bonds is 5. The number of nitrogens with zero attached hydrogens (tertiary/aromatic N) is 1. The van der Waals surface area contributed by atoms with Crippen molar-refractivity contribution in [1.82, 2.24) is 0 Å². The number of ketones is 1. The van der Waals surface area contributed by atoms with E-state index in [-0.39, 0.29) is 33.3 Å². The van der Waals surface area contributed by atoms with Crippen LogP contribution in [0.4, 0.5) is 10.1 Å². The van der Waals surface area contributed by atoms with Gasteiger partial charge in [0.15, 0.2) is 11.6 Å². The largest absolute Gasteiger partial charge is 0.508 e. The van der Waals surface area contributed by atoms with Crippen LogP contribution in [0.3, 0.4) is 0 Å². The van der Waals surface area contributed by atoms with Gasteiger partial charge in [0.05, 0.1) is 11.1 Å². The van der Waals surface area contributed by atoms with Gasteiger partial charge in [-0.1, -0.05) is 32.8 Å². The van der Waals surface area contributed by atoms with E-state index in [1.165, 1.54) is 24.3 Å². The molecule has 2 aromatic rings. The molecule has 0 saturated heterocycles. The number of halogens is 1. The van der Waals surface area contributed by atoms with E-state index in [0.717, 1.165) is 12.1 Å². The highest BCUT2D eigenvalue weighted by molar-refractivity contribution is 7.90. The molecule has 1 aliphatic carbocycles. The van der Waals surface area contributed by atoms with E-state index in [1.807, 2.05) is 13.8 Å². The van der Waals surface area contributed by atoms with Crippen LogP contribution in [0.15, 0.2) is 51.3 Å². The van der Waals surface area contributed by atoms with Gasteiger partial charge in [-0.05, 0) is 42.7 Å². The fourth-order valence-electron chi connectivity index (χ4n) is 4.68. The molecule has 32 heavy (non-hydrogen) atoms. The third-order valence-electron chi connectivity index (χ3n) is 5.95. The van der Waals surface area contributed by atoms with Crippen LogP contribution in [-0.2, 0) is 20.2 Å². The van der Waals surface area contributed by atoms with E-state index in [4.69, 9.17) is 0 Å². The summed E-state index contributed by atoms with van der Waals surface area (Å²) in [5.74, 6) is -2.13. The van der Waals surface area contributed by atoms with Gasteiger partial charge in [0.25, 0.3) is 10.0 Å². The molecule has 0 fully saturated rings. The maximum atomic E-state index is 14.1. The molecule has 0 bridgehead atoms. The summed E-state index contributed by atoms with van der Waals surface area (Å²) >= 11 is 0. The normalized spacial score (nSPS) is 18.5. The van der Waals surface area contributed by atoms with Gasteiger partial charge in [-0.25, -0.2) is 4.39 Å². The Hall–Kier alpha value is -3.20. The predicted octanol–water partition coefficient (Wildman–Crippen LogP) is 4.43. The van der Waals surface area contributed by atoms with Gasteiger partial charge in [-0.15, -0.1) is 4.40 Å². The van der Waals surface area contributed by atoms with Crippen molar-refractivity contribution in [3.63, 3.8) is 0 Å². The van der Waals surface area contributed by atoms with Crippen LogP contribution in [0.1, 0.15) is 50.7 Å². The first-order valence-electron chi connectivity index (χ1n) is 10.4. The summed E-state index contributed by atoms with van der Waals surface area (Å²) in [7, 11) is -4.26. The zero-order chi connectivity index (χ0) is 23.3. The molecule has 0 radical (unpaired) electrons. The first-order chi connectivity index (χ1) is 15.1. The summed E-state index contributed by atoms with van der Waals surface area (Å²) in [6.07, 6.45) is 2.19. The molecule has 1 heterocycles. The third kappa shape index (κ3) is 3.28. The summed E-state index contributed by atoms with van der Waals surface area (Å²) in [6, 6.07) is 7.63. The number of carbonyl (C=O) groups excluding carboxylic acids is 1. The van der Waals surface area contributed by atoms with Gasteiger partial charge in [0, 0.05) is 11.6 Å². The lowest BCUT2D eigenvalue weighted by Crippen LogP contribution is -2.44. The van der Waals surface area contributed by atoms with Crippen LogP contribution in [0, 0.1) is 5.82 Å². The molecule has 0 saturated carbocycles. The Morgan fingerprint density at radius 1 is 1.06 bits per heavy atom. The first kappa shape index (κ1) is 22.0. The van der Waals surface area contributed by atoms with Crippen LogP contribution >= 0.6 is 0 Å². The molecule has 2 aliphatic rings. The van der Waals surface area contributed by atoms with E-state index >= 15 is 0 Å². The molecule has 2 aromatic carbocycles. The number of amidine groups is 1. The van der Waals surface area contributed by atoms with E-state index in [9.17, 15) is 27.8 Å². The van der Waals surface area contributed by atoms with Crippen molar-refractivity contribution in [2.24, 2.45) is 4.40 Å². The van der Waals surface area contributed by atoms with Crippen molar-refractivity contribution < 1.29 is 27.8 Å². The van der Waals surface area contributed by atoms with E-state index < -0.39 is 32.8 Å². The minimum absolute atomic E-state index is 0.113. The molecule has 0 aromatic heterocycles. The van der Waals surface area contributed by atoms with Crippen LogP contribution in [-0.4, -0.2) is 30.2 Å². The van der Waals surface area contributed by atoms with Crippen LogP contribution < -0.4 is 5.32 Å².